The van der Waals surface area contributed by atoms with Crippen LogP contribution in [0, 0.1) is 5.41 Å². The van der Waals surface area contributed by atoms with Crippen molar-refractivity contribution in [3.8, 4) is 22.5 Å². The third kappa shape index (κ3) is 3.55. The number of aryl methyl sites for hydroxylation is 1. The minimum absolute atomic E-state index is 0.211. The van der Waals surface area contributed by atoms with Crippen LogP contribution in [0.15, 0.2) is 30.3 Å². The second-order valence-electron chi connectivity index (χ2n) is 9.46. The van der Waals surface area contributed by atoms with Gasteiger partial charge in [0, 0.05) is 19.4 Å². The number of hydrogen-bond donors (Lipinski definition) is 1. The zero-order valence-electron chi connectivity index (χ0n) is 18.4. The number of aromatic amines is 1. The van der Waals surface area contributed by atoms with Gasteiger partial charge in [0.05, 0.1) is 17.9 Å². The summed E-state index contributed by atoms with van der Waals surface area (Å²) in [4.78, 5) is 5.27. The quantitative estimate of drug-likeness (QED) is 0.670. The van der Waals surface area contributed by atoms with Gasteiger partial charge in [-0.2, -0.15) is 5.21 Å². The lowest BCUT2D eigenvalue weighted by Gasteiger charge is -2.36. The van der Waals surface area contributed by atoms with Gasteiger partial charge in [0.25, 0.3) is 0 Å². The Balaban J connectivity index is 1.86. The molecule has 1 N–H and O–H groups in total. The van der Waals surface area contributed by atoms with E-state index in [0.717, 1.165) is 60.2 Å². The number of benzene rings is 1. The summed E-state index contributed by atoms with van der Waals surface area (Å²) < 4.78 is 12.0. The summed E-state index contributed by atoms with van der Waals surface area (Å²) in [5.41, 5.74) is 6.15. The van der Waals surface area contributed by atoms with Gasteiger partial charge in [-0.15, -0.1) is 10.2 Å². The first-order valence-electron chi connectivity index (χ1n) is 11.0. The number of nitrogens with zero attached hydrogens (tertiary/aromatic N) is 4. The molecule has 7 heteroatoms. The maximum atomic E-state index is 6.35. The van der Waals surface area contributed by atoms with Crippen molar-refractivity contribution in [2.75, 3.05) is 20.3 Å². The van der Waals surface area contributed by atoms with Gasteiger partial charge in [0.2, 0.25) is 5.82 Å². The lowest BCUT2D eigenvalue weighted by atomic mass is 9.72. The maximum Gasteiger partial charge on any atom is 0.207 e. The lowest BCUT2D eigenvalue weighted by Crippen LogP contribution is -2.34. The number of H-pyrrole nitrogens is 1. The summed E-state index contributed by atoms with van der Waals surface area (Å²) in [6.45, 7) is 5.81. The first-order chi connectivity index (χ1) is 15.0. The van der Waals surface area contributed by atoms with Crippen LogP contribution in [0.2, 0.25) is 0 Å². The van der Waals surface area contributed by atoms with Crippen LogP contribution in [0.25, 0.3) is 22.5 Å². The van der Waals surface area contributed by atoms with Gasteiger partial charge in [-0.1, -0.05) is 44.2 Å². The predicted molar refractivity (Wildman–Crippen MR) is 117 cm³/mol. The Hall–Kier alpha value is -2.64. The van der Waals surface area contributed by atoms with E-state index in [9.17, 15) is 0 Å². The van der Waals surface area contributed by atoms with Crippen LogP contribution < -0.4 is 0 Å². The number of pyridine rings is 1. The molecule has 2 aromatic heterocycles. The predicted octanol–water partition coefficient (Wildman–Crippen LogP) is 4.10. The number of rotatable bonds is 5. The Morgan fingerprint density at radius 3 is 2.65 bits per heavy atom. The average Bonchev–Trinajstić information content (AvgIpc) is 3.46. The van der Waals surface area contributed by atoms with Crippen LogP contribution in [0.5, 0.6) is 0 Å². The highest BCUT2D eigenvalue weighted by Crippen LogP contribution is 2.48. The molecule has 5 rings (SSSR count). The van der Waals surface area contributed by atoms with E-state index in [2.05, 4.69) is 58.7 Å². The molecule has 0 radical (unpaired) electrons. The van der Waals surface area contributed by atoms with Gasteiger partial charge in [-0.3, -0.25) is 4.98 Å². The zero-order valence-corrected chi connectivity index (χ0v) is 18.4. The minimum Gasteiger partial charge on any atom is -0.381 e. The van der Waals surface area contributed by atoms with Gasteiger partial charge in [0.1, 0.15) is 5.60 Å². The molecule has 1 aromatic carbocycles. The Bertz CT molecular complexity index is 1060. The third-order valence-electron chi connectivity index (χ3n) is 6.62. The average molecular weight is 420 g/mol. The molecule has 1 saturated heterocycles. The molecule has 0 bridgehead atoms. The number of ether oxygens (including phenoxy) is 2. The van der Waals surface area contributed by atoms with E-state index in [1.54, 1.807) is 7.11 Å². The molecule has 3 aromatic rings. The van der Waals surface area contributed by atoms with Crippen molar-refractivity contribution in [1.29, 1.82) is 0 Å². The van der Waals surface area contributed by atoms with Crippen LogP contribution in [-0.2, 0) is 27.9 Å². The number of tetrazole rings is 1. The van der Waals surface area contributed by atoms with Crippen molar-refractivity contribution < 1.29 is 9.47 Å². The highest BCUT2D eigenvalue weighted by atomic mass is 16.5. The number of methoxy groups -OCH3 is 1. The summed E-state index contributed by atoms with van der Waals surface area (Å²) in [6, 6.07) is 10.5. The molecule has 7 nitrogen and oxygen atoms in total. The van der Waals surface area contributed by atoms with Crippen LogP contribution in [0.4, 0.5) is 0 Å². The highest BCUT2D eigenvalue weighted by Gasteiger charge is 2.44. The fourth-order valence-corrected chi connectivity index (χ4v) is 5.13. The molecule has 1 aliphatic heterocycles. The van der Waals surface area contributed by atoms with Crippen molar-refractivity contribution in [3.05, 3.63) is 47.3 Å². The molecule has 31 heavy (non-hydrogen) atoms. The van der Waals surface area contributed by atoms with E-state index in [4.69, 9.17) is 14.5 Å². The molecule has 0 saturated carbocycles. The molecule has 1 fully saturated rings. The normalized spacial score (nSPS) is 22.4. The number of fused-ring (bicyclic) bond motifs is 1. The van der Waals surface area contributed by atoms with Crippen LogP contribution in [-0.4, -0.2) is 45.9 Å². The largest absolute Gasteiger partial charge is 0.381 e. The van der Waals surface area contributed by atoms with E-state index in [-0.39, 0.29) is 5.41 Å². The van der Waals surface area contributed by atoms with Crippen molar-refractivity contribution in [2.24, 2.45) is 5.41 Å². The molecule has 3 heterocycles. The van der Waals surface area contributed by atoms with E-state index in [1.807, 2.05) is 6.07 Å². The Labute approximate surface area is 182 Å². The standard InChI is InChI=1S/C24H29N5O2/c1-23(2)12-10-18-17(14-23)19(16-8-5-4-6-9-16)20(22-26-28-29-27-22)21(25-18)24(15-30-3)11-7-13-31-24/h4-6,8-9H,7,10-15H2,1-3H3,(H,26,27,28,29)/t24-/m0/s1. The molecule has 0 unspecified atom stereocenters. The maximum absolute atomic E-state index is 6.35. The molecule has 0 amide bonds. The van der Waals surface area contributed by atoms with Gasteiger partial charge in [-0.05, 0) is 59.4 Å². The van der Waals surface area contributed by atoms with Gasteiger partial charge < -0.3 is 9.47 Å². The molecular formula is C24H29N5O2. The van der Waals surface area contributed by atoms with Gasteiger partial charge in [0.15, 0.2) is 0 Å². The van der Waals surface area contributed by atoms with Crippen molar-refractivity contribution in [3.63, 3.8) is 0 Å². The molecule has 1 aliphatic carbocycles. The van der Waals surface area contributed by atoms with E-state index in [1.165, 1.54) is 5.56 Å². The van der Waals surface area contributed by atoms with Gasteiger partial charge in [-0.25, -0.2) is 0 Å². The molecule has 0 spiro atoms. The molecule has 2 aliphatic rings. The summed E-state index contributed by atoms with van der Waals surface area (Å²) in [6.07, 6.45) is 4.85. The fourth-order valence-electron chi connectivity index (χ4n) is 5.13. The molecule has 162 valence electrons. The summed E-state index contributed by atoms with van der Waals surface area (Å²) in [5, 5.41) is 15.3. The zero-order chi connectivity index (χ0) is 21.5. The van der Waals surface area contributed by atoms with E-state index in [0.29, 0.717) is 19.0 Å². The topological polar surface area (TPSA) is 85.8 Å². The number of aromatic nitrogens is 5. The summed E-state index contributed by atoms with van der Waals surface area (Å²) in [5.74, 6) is 0.554. The van der Waals surface area contributed by atoms with E-state index >= 15 is 0 Å². The number of nitrogens with one attached hydrogen (secondary N) is 1. The Kier molecular flexibility index (Phi) is 5.10. The highest BCUT2D eigenvalue weighted by molar-refractivity contribution is 5.86. The Morgan fingerprint density at radius 2 is 1.97 bits per heavy atom. The number of hydrogen-bond acceptors (Lipinski definition) is 6. The van der Waals surface area contributed by atoms with Crippen LogP contribution >= 0.6 is 0 Å². The van der Waals surface area contributed by atoms with Gasteiger partial charge >= 0.3 is 0 Å². The fraction of sp³-hybridized carbons (Fsp3) is 0.500. The van der Waals surface area contributed by atoms with E-state index < -0.39 is 5.60 Å². The summed E-state index contributed by atoms with van der Waals surface area (Å²) >= 11 is 0. The monoisotopic (exact) mass is 419 g/mol. The SMILES string of the molecule is COC[C@]1(c2nc3c(c(-c4ccccc4)c2-c2nn[nH]n2)CC(C)(C)CC3)CCCO1. The Morgan fingerprint density at radius 1 is 1.13 bits per heavy atom. The molecular weight excluding hydrogens is 390 g/mol. The molecule has 1 atom stereocenters. The summed E-state index contributed by atoms with van der Waals surface area (Å²) in [7, 11) is 1.72. The first kappa shape index (κ1) is 20.3. The van der Waals surface area contributed by atoms with Crippen molar-refractivity contribution in [1.82, 2.24) is 25.6 Å². The van der Waals surface area contributed by atoms with Crippen molar-refractivity contribution >= 4 is 0 Å². The minimum atomic E-state index is -0.601. The second-order valence-corrected chi connectivity index (χ2v) is 9.46. The third-order valence-corrected chi connectivity index (χ3v) is 6.62. The van der Waals surface area contributed by atoms with Crippen LogP contribution in [0.3, 0.4) is 0 Å². The van der Waals surface area contributed by atoms with Crippen molar-refractivity contribution in [2.45, 2.75) is 51.6 Å². The smallest absolute Gasteiger partial charge is 0.207 e. The first-order valence-corrected chi connectivity index (χ1v) is 11.0. The lowest BCUT2D eigenvalue weighted by molar-refractivity contribution is -0.0586. The second kappa shape index (κ2) is 7.80. The van der Waals surface area contributed by atoms with Crippen LogP contribution in [0.1, 0.15) is 50.1 Å².